The Labute approximate surface area is 128 Å². The topological polar surface area (TPSA) is 41.4 Å². The molecule has 1 fully saturated rings. The number of aromatic nitrogens is 2. The Kier molecular flexibility index (Phi) is 4.36. The van der Waals surface area contributed by atoms with Crippen LogP contribution < -0.4 is 0 Å². The fourth-order valence-corrected chi connectivity index (χ4v) is 3.38. The van der Waals surface area contributed by atoms with Gasteiger partial charge in [-0.3, -0.25) is 14.4 Å². The predicted molar refractivity (Wildman–Crippen MR) is 83.1 cm³/mol. The van der Waals surface area contributed by atoms with E-state index in [4.69, 9.17) is 0 Å². The largest absolute Gasteiger partial charge is 0.338 e. The minimum atomic E-state index is -0.219. The molecular formula is C15H20N4OS. The van der Waals surface area contributed by atoms with Crippen LogP contribution in [0.15, 0.2) is 36.0 Å². The van der Waals surface area contributed by atoms with Gasteiger partial charge in [-0.15, -0.1) is 11.3 Å². The van der Waals surface area contributed by atoms with Gasteiger partial charge in [-0.2, -0.15) is 5.10 Å². The first kappa shape index (κ1) is 14.3. The quantitative estimate of drug-likeness (QED) is 0.865. The molecule has 0 radical (unpaired) electrons. The number of thiophene rings is 1. The van der Waals surface area contributed by atoms with E-state index >= 15 is 0 Å². The molecule has 112 valence electrons. The first-order valence-electron chi connectivity index (χ1n) is 7.26. The minimum Gasteiger partial charge on any atom is -0.338 e. The molecule has 1 atom stereocenters. The van der Waals surface area contributed by atoms with Gasteiger partial charge in [-0.25, -0.2) is 0 Å². The maximum Gasteiger partial charge on any atom is 0.247 e. The molecule has 2 aromatic rings. The highest BCUT2D eigenvalue weighted by molar-refractivity contribution is 7.09. The molecule has 6 heteroatoms. The second-order valence-corrected chi connectivity index (χ2v) is 6.38. The third-order valence-corrected chi connectivity index (χ3v) is 4.78. The molecule has 2 aromatic heterocycles. The molecule has 0 spiro atoms. The summed E-state index contributed by atoms with van der Waals surface area (Å²) in [5.41, 5.74) is 0. The van der Waals surface area contributed by atoms with Gasteiger partial charge in [0, 0.05) is 50.0 Å². The monoisotopic (exact) mass is 304 g/mol. The lowest BCUT2D eigenvalue weighted by molar-refractivity contribution is -0.136. The van der Waals surface area contributed by atoms with Crippen molar-refractivity contribution in [1.29, 1.82) is 0 Å². The van der Waals surface area contributed by atoms with Crippen molar-refractivity contribution in [1.82, 2.24) is 19.6 Å². The normalized spacial score (nSPS) is 17.9. The second kappa shape index (κ2) is 6.41. The molecule has 1 aliphatic rings. The summed E-state index contributed by atoms with van der Waals surface area (Å²) in [5.74, 6) is 0.162. The van der Waals surface area contributed by atoms with Crippen LogP contribution in [0.4, 0.5) is 0 Å². The summed E-state index contributed by atoms with van der Waals surface area (Å²) in [7, 11) is 0. The third kappa shape index (κ3) is 3.33. The van der Waals surface area contributed by atoms with Crippen molar-refractivity contribution in [2.45, 2.75) is 19.5 Å². The highest BCUT2D eigenvalue weighted by Crippen LogP contribution is 2.15. The van der Waals surface area contributed by atoms with E-state index < -0.39 is 0 Å². The van der Waals surface area contributed by atoms with Crippen molar-refractivity contribution in [2.75, 3.05) is 26.2 Å². The van der Waals surface area contributed by atoms with Gasteiger partial charge in [0.05, 0.1) is 0 Å². The Hall–Kier alpha value is -1.66. The van der Waals surface area contributed by atoms with Crippen molar-refractivity contribution in [3.8, 4) is 0 Å². The molecule has 1 amide bonds. The zero-order valence-corrected chi connectivity index (χ0v) is 13.0. The minimum absolute atomic E-state index is 0.162. The van der Waals surface area contributed by atoms with Gasteiger partial charge in [-0.05, 0) is 24.4 Å². The van der Waals surface area contributed by atoms with E-state index in [1.807, 2.05) is 24.1 Å². The highest BCUT2D eigenvalue weighted by Gasteiger charge is 2.25. The summed E-state index contributed by atoms with van der Waals surface area (Å²) in [6.45, 7) is 6.39. The summed E-state index contributed by atoms with van der Waals surface area (Å²) in [6, 6.07) is 5.89. The smallest absolute Gasteiger partial charge is 0.247 e. The van der Waals surface area contributed by atoms with Crippen molar-refractivity contribution < 1.29 is 4.79 Å². The van der Waals surface area contributed by atoms with Crippen LogP contribution in [0, 0.1) is 0 Å². The average molecular weight is 304 g/mol. The fraction of sp³-hybridized carbons (Fsp3) is 0.467. The van der Waals surface area contributed by atoms with Crippen LogP contribution in [0.25, 0.3) is 0 Å². The lowest BCUT2D eigenvalue weighted by atomic mass is 10.2. The molecule has 3 heterocycles. The van der Waals surface area contributed by atoms with Gasteiger partial charge in [0.1, 0.15) is 6.04 Å². The summed E-state index contributed by atoms with van der Waals surface area (Å²) in [4.78, 5) is 18.2. The lowest BCUT2D eigenvalue weighted by Gasteiger charge is -2.35. The van der Waals surface area contributed by atoms with Crippen molar-refractivity contribution in [2.24, 2.45) is 0 Å². The van der Waals surface area contributed by atoms with Crippen LogP contribution in [-0.4, -0.2) is 51.7 Å². The number of piperazine rings is 1. The maximum atomic E-state index is 12.5. The zero-order valence-electron chi connectivity index (χ0n) is 12.2. The second-order valence-electron chi connectivity index (χ2n) is 5.34. The van der Waals surface area contributed by atoms with Crippen LogP contribution in [0.5, 0.6) is 0 Å². The molecule has 0 saturated carbocycles. The van der Waals surface area contributed by atoms with Gasteiger partial charge in [0.25, 0.3) is 0 Å². The van der Waals surface area contributed by atoms with Crippen LogP contribution >= 0.6 is 11.3 Å². The van der Waals surface area contributed by atoms with Crippen LogP contribution in [-0.2, 0) is 11.3 Å². The maximum absolute atomic E-state index is 12.5. The summed E-state index contributed by atoms with van der Waals surface area (Å²) >= 11 is 1.79. The molecule has 0 unspecified atom stereocenters. The van der Waals surface area contributed by atoms with Crippen LogP contribution in [0.3, 0.4) is 0 Å². The van der Waals surface area contributed by atoms with Crippen molar-refractivity contribution in [3.63, 3.8) is 0 Å². The number of carbonyl (C=O) groups excluding carboxylic acids is 1. The summed E-state index contributed by atoms with van der Waals surface area (Å²) in [5, 5.41) is 6.27. The Balaban J connectivity index is 1.52. The standard InChI is InChI=1S/C15H20N4OS/c1-13(19-6-3-5-16-19)15(20)18-9-7-17(8-10-18)12-14-4-2-11-21-14/h2-6,11,13H,7-10,12H2,1H3/t13-/m0/s1. The van der Waals surface area contributed by atoms with Gasteiger partial charge >= 0.3 is 0 Å². The van der Waals surface area contributed by atoms with Crippen LogP contribution in [0.2, 0.25) is 0 Å². The molecule has 21 heavy (non-hydrogen) atoms. The van der Waals surface area contributed by atoms with E-state index in [-0.39, 0.29) is 11.9 Å². The average Bonchev–Trinajstić information content (AvgIpc) is 3.20. The first-order chi connectivity index (χ1) is 10.2. The molecule has 1 aliphatic heterocycles. The Bertz CT molecular complexity index is 559. The van der Waals surface area contributed by atoms with Gasteiger partial charge in [0.15, 0.2) is 0 Å². The SMILES string of the molecule is C[C@@H](C(=O)N1CCN(Cc2cccs2)CC1)n1cccn1. The van der Waals surface area contributed by atoms with Crippen molar-refractivity contribution in [3.05, 3.63) is 40.8 Å². The highest BCUT2D eigenvalue weighted by atomic mass is 32.1. The van der Waals surface area contributed by atoms with E-state index in [1.165, 1.54) is 4.88 Å². The molecule has 3 rings (SSSR count). The first-order valence-corrected chi connectivity index (χ1v) is 8.14. The summed E-state index contributed by atoms with van der Waals surface area (Å²) < 4.78 is 1.72. The molecule has 1 saturated heterocycles. The summed E-state index contributed by atoms with van der Waals surface area (Å²) in [6.07, 6.45) is 3.55. The lowest BCUT2D eigenvalue weighted by Crippen LogP contribution is -2.49. The van der Waals surface area contributed by atoms with Gasteiger partial charge in [0.2, 0.25) is 5.91 Å². The molecule has 5 nitrogen and oxygen atoms in total. The molecular weight excluding hydrogens is 284 g/mol. The van der Waals surface area contributed by atoms with Crippen molar-refractivity contribution >= 4 is 17.2 Å². The number of nitrogens with zero attached hydrogens (tertiary/aromatic N) is 4. The Morgan fingerprint density at radius 3 is 2.76 bits per heavy atom. The van der Waals surface area contributed by atoms with Gasteiger partial charge < -0.3 is 4.90 Å². The predicted octanol–water partition coefficient (Wildman–Crippen LogP) is 1.85. The third-order valence-electron chi connectivity index (χ3n) is 3.92. The zero-order chi connectivity index (χ0) is 14.7. The molecule has 0 aromatic carbocycles. The Morgan fingerprint density at radius 2 is 2.14 bits per heavy atom. The van der Waals surface area contributed by atoms with E-state index in [0.29, 0.717) is 0 Å². The van der Waals surface area contributed by atoms with E-state index in [1.54, 1.807) is 22.2 Å². The molecule has 0 N–H and O–H groups in total. The molecule has 0 bridgehead atoms. The number of carbonyl (C=O) groups is 1. The number of amides is 1. The van der Waals surface area contributed by atoms with E-state index in [0.717, 1.165) is 32.7 Å². The number of hydrogen-bond acceptors (Lipinski definition) is 4. The number of hydrogen-bond donors (Lipinski definition) is 0. The van der Waals surface area contributed by atoms with Gasteiger partial charge in [-0.1, -0.05) is 6.07 Å². The Morgan fingerprint density at radius 1 is 1.33 bits per heavy atom. The number of rotatable bonds is 4. The molecule has 0 aliphatic carbocycles. The van der Waals surface area contributed by atoms with Crippen LogP contribution in [0.1, 0.15) is 17.8 Å². The van der Waals surface area contributed by atoms with E-state index in [2.05, 4.69) is 27.5 Å². The fourth-order valence-electron chi connectivity index (χ4n) is 2.64. The van der Waals surface area contributed by atoms with E-state index in [9.17, 15) is 4.79 Å².